The van der Waals surface area contributed by atoms with E-state index in [4.69, 9.17) is 9.15 Å². The van der Waals surface area contributed by atoms with E-state index < -0.39 is 6.04 Å². The molecule has 2 amide bonds. The van der Waals surface area contributed by atoms with E-state index in [0.29, 0.717) is 29.4 Å². The van der Waals surface area contributed by atoms with Crippen LogP contribution in [0.15, 0.2) is 52.9 Å². The van der Waals surface area contributed by atoms with Crippen molar-refractivity contribution in [3.05, 3.63) is 54.4 Å². The van der Waals surface area contributed by atoms with Crippen LogP contribution in [0, 0.1) is 0 Å². The molecule has 2 aromatic carbocycles. The van der Waals surface area contributed by atoms with Crippen molar-refractivity contribution in [2.24, 2.45) is 0 Å². The van der Waals surface area contributed by atoms with Gasteiger partial charge in [-0.25, -0.2) is 4.98 Å². The number of fused-ring (bicyclic) bond motifs is 1. The summed E-state index contributed by atoms with van der Waals surface area (Å²) in [6, 6.07) is 13.8. The fraction of sp³-hybridized carbons (Fsp3) is 0.348. The molecule has 0 bridgehead atoms. The summed E-state index contributed by atoms with van der Waals surface area (Å²) in [6.45, 7) is -0.151. The molecular weight excluding hydrogens is 414 g/mol. The normalized spacial score (nSPS) is 14.2. The molecule has 2 N–H and O–H groups in total. The molecule has 1 aromatic heterocycles. The first kappa shape index (κ1) is 21.2. The number of nitrogens with one attached hydrogen (secondary N) is 2. The molecular formula is C23H25N3O4S. The van der Waals surface area contributed by atoms with Gasteiger partial charge in [0.05, 0.1) is 0 Å². The number of anilines is 1. The Morgan fingerprint density at radius 1 is 1.23 bits per heavy atom. The lowest BCUT2D eigenvalue weighted by molar-refractivity contribution is -0.127. The minimum absolute atomic E-state index is 0.151. The highest BCUT2D eigenvalue weighted by Gasteiger charge is 2.29. The number of rotatable bonds is 10. The second kappa shape index (κ2) is 9.87. The predicted molar refractivity (Wildman–Crippen MR) is 121 cm³/mol. The third kappa shape index (κ3) is 5.79. The van der Waals surface area contributed by atoms with Crippen molar-refractivity contribution in [1.82, 2.24) is 10.3 Å². The lowest BCUT2D eigenvalue weighted by Crippen LogP contribution is -2.45. The summed E-state index contributed by atoms with van der Waals surface area (Å²) in [6.07, 6.45) is 4.70. The summed E-state index contributed by atoms with van der Waals surface area (Å²) in [4.78, 5) is 29.7. The summed E-state index contributed by atoms with van der Waals surface area (Å²) >= 11 is 1.62. The molecule has 0 spiro atoms. The van der Waals surface area contributed by atoms with E-state index in [2.05, 4.69) is 15.6 Å². The van der Waals surface area contributed by atoms with Crippen molar-refractivity contribution in [3.8, 4) is 5.75 Å². The Morgan fingerprint density at radius 2 is 2.03 bits per heavy atom. The van der Waals surface area contributed by atoms with Gasteiger partial charge in [0, 0.05) is 11.6 Å². The predicted octanol–water partition coefficient (Wildman–Crippen LogP) is 3.96. The zero-order chi connectivity index (χ0) is 21.6. The van der Waals surface area contributed by atoms with E-state index in [9.17, 15) is 9.59 Å². The van der Waals surface area contributed by atoms with E-state index in [-0.39, 0.29) is 18.4 Å². The Morgan fingerprint density at radius 3 is 2.77 bits per heavy atom. The summed E-state index contributed by atoms with van der Waals surface area (Å²) in [5.41, 5.74) is 2.06. The number of hydrogen-bond donors (Lipinski definition) is 2. The van der Waals surface area contributed by atoms with Crippen LogP contribution < -0.4 is 15.4 Å². The van der Waals surface area contributed by atoms with Crippen LogP contribution in [0.2, 0.25) is 0 Å². The SMILES string of the molecule is CSCCC(NC(=O)COc1ccccc1)C(=O)Nc1ccc2oc(C3CC3)nc2c1. The van der Waals surface area contributed by atoms with Gasteiger partial charge in [-0.15, -0.1) is 0 Å². The van der Waals surface area contributed by atoms with Gasteiger partial charge in [0.1, 0.15) is 17.3 Å². The molecule has 1 aliphatic carbocycles. The van der Waals surface area contributed by atoms with E-state index in [0.717, 1.165) is 30.0 Å². The number of carbonyl (C=O) groups excluding carboxylic acids is 2. The first-order valence-corrected chi connectivity index (χ1v) is 11.7. The van der Waals surface area contributed by atoms with Gasteiger partial charge < -0.3 is 19.8 Å². The van der Waals surface area contributed by atoms with Gasteiger partial charge in [-0.3, -0.25) is 9.59 Å². The Hall–Kier alpha value is -3.00. The Bertz CT molecular complexity index is 1050. The number of para-hydroxylation sites is 1. The molecule has 1 fully saturated rings. The Balaban J connectivity index is 1.37. The second-order valence-corrected chi connectivity index (χ2v) is 8.49. The lowest BCUT2D eigenvalue weighted by Gasteiger charge is -2.18. The van der Waals surface area contributed by atoms with Crippen LogP contribution in [-0.4, -0.2) is 41.5 Å². The molecule has 31 heavy (non-hydrogen) atoms. The number of ether oxygens (including phenoxy) is 1. The maximum atomic E-state index is 12.9. The molecule has 8 heteroatoms. The Kier molecular flexibility index (Phi) is 6.76. The van der Waals surface area contributed by atoms with E-state index in [1.54, 1.807) is 36.0 Å². The van der Waals surface area contributed by atoms with Crippen molar-refractivity contribution >= 4 is 40.4 Å². The van der Waals surface area contributed by atoms with Gasteiger partial charge in [0.25, 0.3) is 5.91 Å². The quantitative estimate of drug-likeness (QED) is 0.497. The van der Waals surface area contributed by atoms with Crippen molar-refractivity contribution < 1.29 is 18.7 Å². The Labute approximate surface area is 184 Å². The largest absolute Gasteiger partial charge is 0.484 e. The molecule has 1 atom stereocenters. The third-order valence-electron chi connectivity index (χ3n) is 4.97. The zero-order valence-electron chi connectivity index (χ0n) is 17.3. The molecule has 4 rings (SSSR count). The van der Waals surface area contributed by atoms with Gasteiger partial charge in [0.2, 0.25) is 5.91 Å². The van der Waals surface area contributed by atoms with Crippen molar-refractivity contribution in [2.75, 3.05) is 23.9 Å². The second-order valence-electron chi connectivity index (χ2n) is 7.50. The molecule has 1 heterocycles. The summed E-state index contributed by atoms with van der Waals surface area (Å²) < 4.78 is 11.2. The van der Waals surface area contributed by atoms with Crippen LogP contribution in [0.5, 0.6) is 5.75 Å². The first-order valence-electron chi connectivity index (χ1n) is 10.3. The summed E-state index contributed by atoms with van der Waals surface area (Å²) in [7, 11) is 0. The van der Waals surface area contributed by atoms with Gasteiger partial charge in [0.15, 0.2) is 18.1 Å². The highest BCUT2D eigenvalue weighted by atomic mass is 32.2. The number of benzene rings is 2. The fourth-order valence-electron chi connectivity index (χ4n) is 3.16. The molecule has 1 aliphatic rings. The van der Waals surface area contributed by atoms with Crippen LogP contribution in [0.1, 0.15) is 31.1 Å². The van der Waals surface area contributed by atoms with E-state index in [1.807, 2.05) is 30.5 Å². The number of aromatic nitrogens is 1. The number of nitrogens with zero attached hydrogens (tertiary/aromatic N) is 1. The minimum atomic E-state index is -0.658. The topological polar surface area (TPSA) is 93.5 Å². The molecule has 0 aliphatic heterocycles. The maximum Gasteiger partial charge on any atom is 0.258 e. The fourth-order valence-corrected chi connectivity index (χ4v) is 3.63. The van der Waals surface area contributed by atoms with Crippen LogP contribution in [0.25, 0.3) is 11.1 Å². The minimum Gasteiger partial charge on any atom is -0.484 e. The van der Waals surface area contributed by atoms with Crippen molar-refractivity contribution in [2.45, 2.75) is 31.2 Å². The van der Waals surface area contributed by atoms with Crippen LogP contribution in [-0.2, 0) is 9.59 Å². The highest BCUT2D eigenvalue weighted by Crippen LogP contribution is 2.40. The molecule has 3 aromatic rings. The number of carbonyl (C=O) groups is 2. The standard InChI is InChI=1S/C23H25N3O4S/c1-31-12-11-18(25-21(27)14-29-17-5-3-2-4-6-17)22(28)24-16-9-10-20-19(13-16)26-23(30-20)15-7-8-15/h2-6,9-10,13,15,18H,7-8,11-12,14H2,1H3,(H,24,28)(H,25,27). The van der Waals surface area contributed by atoms with Crippen LogP contribution >= 0.6 is 11.8 Å². The molecule has 1 saturated carbocycles. The first-order chi connectivity index (χ1) is 15.1. The van der Waals surface area contributed by atoms with Crippen LogP contribution in [0.4, 0.5) is 5.69 Å². The highest BCUT2D eigenvalue weighted by molar-refractivity contribution is 7.98. The molecule has 162 valence electrons. The molecule has 7 nitrogen and oxygen atoms in total. The van der Waals surface area contributed by atoms with Gasteiger partial charge in [-0.2, -0.15) is 11.8 Å². The monoisotopic (exact) mass is 439 g/mol. The number of amides is 2. The number of oxazole rings is 1. The summed E-state index contributed by atoms with van der Waals surface area (Å²) in [5.74, 6) is 1.93. The van der Waals surface area contributed by atoms with Crippen LogP contribution in [0.3, 0.4) is 0 Å². The van der Waals surface area contributed by atoms with Gasteiger partial charge in [-0.1, -0.05) is 18.2 Å². The number of thioether (sulfide) groups is 1. The lowest BCUT2D eigenvalue weighted by atomic mass is 10.2. The average molecular weight is 440 g/mol. The van der Waals surface area contributed by atoms with E-state index in [1.165, 1.54) is 0 Å². The van der Waals surface area contributed by atoms with Crippen molar-refractivity contribution in [1.29, 1.82) is 0 Å². The van der Waals surface area contributed by atoms with Gasteiger partial charge >= 0.3 is 0 Å². The maximum absolute atomic E-state index is 12.9. The molecule has 0 saturated heterocycles. The zero-order valence-corrected chi connectivity index (χ0v) is 18.1. The smallest absolute Gasteiger partial charge is 0.258 e. The molecule has 0 radical (unpaired) electrons. The molecule has 1 unspecified atom stereocenters. The van der Waals surface area contributed by atoms with Gasteiger partial charge in [-0.05, 0) is 61.6 Å². The third-order valence-corrected chi connectivity index (χ3v) is 5.62. The number of hydrogen-bond acceptors (Lipinski definition) is 6. The average Bonchev–Trinajstić information content (AvgIpc) is 3.55. The van der Waals surface area contributed by atoms with Crippen molar-refractivity contribution in [3.63, 3.8) is 0 Å². The van der Waals surface area contributed by atoms with E-state index >= 15 is 0 Å². The summed E-state index contributed by atoms with van der Waals surface area (Å²) in [5, 5.41) is 5.67.